The fraction of sp³-hybridized carbons (Fsp3) is 0.333. The van der Waals surface area contributed by atoms with Crippen LogP contribution in [0.3, 0.4) is 0 Å². The summed E-state index contributed by atoms with van der Waals surface area (Å²) < 4.78 is 0. The first-order chi connectivity index (χ1) is 7.95. The Hall–Kier alpha value is -1.72. The Kier molecular flexibility index (Phi) is 4.37. The lowest BCUT2D eigenvalue weighted by Crippen LogP contribution is -2.12. The minimum Gasteiger partial charge on any atom is -0.479 e. The minimum absolute atomic E-state index is 0.0957. The van der Waals surface area contributed by atoms with Gasteiger partial charge >= 0.3 is 5.97 Å². The maximum atomic E-state index is 11.0. The van der Waals surface area contributed by atoms with Gasteiger partial charge in [0.05, 0.1) is 6.61 Å². The molecule has 3 N–H and O–H groups in total. The van der Waals surface area contributed by atoms with Gasteiger partial charge < -0.3 is 15.3 Å². The van der Waals surface area contributed by atoms with Gasteiger partial charge in [0, 0.05) is 6.42 Å². The molecule has 0 bridgehead atoms. The van der Waals surface area contributed by atoms with Crippen molar-refractivity contribution in [2.24, 2.45) is 0 Å². The molecule has 5 heteroatoms. The number of ketones is 1. The first kappa shape index (κ1) is 13.3. The lowest BCUT2D eigenvalue weighted by atomic mass is 9.98. The van der Waals surface area contributed by atoms with Crippen molar-refractivity contribution in [3.05, 3.63) is 34.9 Å². The van der Waals surface area contributed by atoms with Gasteiger partial charge in [0.2, 0.25) is 0 Å². The van der Waals surface area contributed by atoms with Crippen molar-refractivity contribution in [3.8, 4) is 0 Å². The maximum Gasteiger partial charge on any atom is 0.337 e. The highest BCUT2D eigenvalue weighted by molar-refractivity contribution is 5.79. The molecular weight excluding hydrogens is 224 g/mol. The molecule has 0 spiro atoms. The lowest BCUT2D eigenvalue weighted by Gasteiger charge is -2.11. The van der Waals surface area contributed by atoms with E-state index in [-0.39, 0.29) is 24.4 Å². The molecule has 92 valence electrons. The summed E-state index contributed by atoms with van der Waals surface area (Å²) in [5, 5.41) is 27.1. The summed E-state index contributed by atoms with van der Waals surface area (Å²) in [4.78, 5) is 21.7. The predicted molar refractivity (Wildman–Crippen MR) is 59.3 cm³/mol. The first-order valence-corrected chi connectivity index (χ1v) is 5.08. The van der Waals surface area contributed by atoms with E-state index in [0.29, 0.717) is 11.1 Å². The second-order valence-corrected chi connectivity index (χ2v) is 3.81. The third-order valence-electron chi connectivity index (χ3n) is 2.39. The fourth-order valence-electron chi connectivity index (χ4n) is 1.55. The number of carboxylic acid groups (broad SMARTS) is 1. The van der Waals surface area contributed by atoms with Gasteiger partial charge in [-0.05, 0) is 23.6 Å². The summed E-state index contributed by atoms with van der Waals surface area (Å²) in [6.45, 7) is 1.17. The first-order valence-electron chi connectivity index (χ1n) is 5.08. The Labute approximate surface area is 98.3 Å². The van der Waals surface area contributed by atoms with Crippen LogP contribution in [-0.2, 0) is 22.6 Å². The van der Waals surface area contributed by atoms with Gasteiger partial charge in [0.15, 0.2) is 6.10 Å². The number of aliphatic carboxylic acids is 1. The number of hydrogen-bond donors (Lipinski definition) is 3. The van der Waals surface area contributed by atoms with E-state index in [0.717, 1.165) is 0 Å². The van der Waals surface area contributed by atoms with Crippen LogP contribution in [0.2, 0.25) is 0 Å². The standard InChI is InChI=1S/C12H14O5/c1-7(14)4-10-5-8(11(15)12(16)17)2-3-9(10)6-13/h2-3,5,11,13,15H,4,6H2,1H3,(H,16,17). The summed E-state index contributed by atoms with van der Waals surface area (Å²) >= 11 is 0. The van der Waals surface area contributed by atoms with Crippen molar-refractivity contribution in [2.45, 2.75) is 26.1 Å². The fourth-order valence-corrected chi connectivity index (χ4v) is 1.55. The van der Waals surface area contributed by atoms with E-state index >= 15 is 0 Å². The van der Waals surface area contributed by atoms with E-state index in [4.69, 9.17) is 10.2 Å². The lowest BCUT2D eigenvalue weighted by molar-refractivity contribution is -0.146. The van der Waals surface area contributed by atoms with Crippen molar-refractivity contribution in [1.82, 2.24) is 0 Å². The molecule has 1 aromatic rings. The Morgan fingerprint density at radius 1 is 1.29 bits per heavy atom. The van der Waals surface area contributed by atoms with Crippen LogP contribution in [0.15, 0.2) is 18.2 Å². The third-order valence-corrected chi connectivity index (χ3v) is 2.39. The molecule has 1 atom stereocenters. The van der Waals surface area contributed by atoms with Crippen molar-refractivity contribution in [3.63, 3.8) is 0 Å². The van der Waals surface area contributed by atoms with Crippen molar-refractivity contribution in [2.75, 3.05) is 0 Å². The van der Waals surface area contributed by atoms with Gasteiger partial charge in [-0.2, -0.15) is 0 Å². The van der Waals surface area contributed by atoms with Crippen LogP contribution in [0.1, 0.15) is 29.7 Å². The van der Waals surface area contributed by atoms with Gasteiger partial charge in [-0.15, -0.1) is 0 Å². The number of carbonyl (C=O) groups is 2. The molecule has 0 radical (unpaired) electrons. The molecule has 17 heavy (non-hydrogen) atoms. The molecule has 0 fully saturated rings. The number of carbonyl (C=O) groups excluding carboxylic acids is 1. The Balaban J connectivity index is 3.12. The average molecular weight is 238 g/mol. The topological polar surface area (TPSA) is 94.8 Å². The van der Waals surface area contributed by atoms with Gasteiger partial charge in [-0.25, -0.2) is 4.79 Å². The highest BCUT2D eigenvalue weighted by Crippen LogP contribution is 2.19. The maximum absolute atomic E-state index is 11.0. The van der Waals surface area contributed by atoms with E-state index in [9.17, 15) is 14.7 Å². The Morgan fingerprint density at radius 3 is 2.41 bits per heavy atom. The van der Waals surface area contributed by atoms with Gasteiger partial charge in [0.25, 0.3) is 0 Å². The number of hydrogen-bond acceptors (Lipinski definition) is 4. The predicted octanol–water partition coefficient (Wildman–Crippen LogP) is 0.428. The molecule has 5 nitrogen and oxygen atoms in total. The van der Waals surface area contributed by atoms with Gasteiger partial charge in [0.1, 0.15) is 5.78 Å². The van der Waals surface area contributed by atoms with Crippen LogP contribution in [0, 0.1) is 0 Å². The number of rotatable bonds is 5. The highest BCUT2D eigenvalue weighted by Gasteiger charge is 2.17. The zero-order valence-corrected chi connectivity index (χ0v) is 9.38. The van der Waals surface area contributed by atoms with Crippen LogP contribution in [0.25, 0.3) is 0 Å². The summed E-state index contributed by atoms with van der Waals surface area (Å²) in [6, 6.07) is 4.37. The number of benzene rings is 1. The van der Waals surface area contributed by atoms with E-state index in [1.54, 1.807) is 0 Å². The monoisotopic (exact) mass is 238 g/mol. The molecule has 0 aliphatic heterocycles. The molecule has 0 saturated carbocycles. The molecule has 1 rings (SSSR count). The summed E-state index contributed by atoms with van der Waals surface area (Å²) in [6.07, 6.45) is -1.51. The second kappa shape index (κ2) is 5.56. The van der Waals surface area contributed by atoms with Gasteiger partial charge in [-0.3, -0.25) is 4.79 Å². The molecule has 0 heterocycles. The van der Waals surface area contributed by atoms with Gasteiger partial charge in [-0.1, -0.05) is 18.2 Å². The summed E-state index contributed by atoms with van der Waals surface area (Å²) in [7, 11) is 0. The summed E-state index contributed by atoms with van der Waals surface area (Å²) in [5.74, 6) is -1.45. The van der Waals surface area contributed by atoms with Crippen molar-refractivity contribution < 1.29 is 24.9 Å². The normalized spacial score (nSPS) is 12.2. The van der Waals surface area contributed by atoms with Crippen LogP contribution in [0.4, 0.5) is 0 Å². The molecule has 0 aromatic heterocycles. The molecular formula is C12H14O5. The molecule has 1 unspecified atom stereocenters. The smallest absolute Gasteiger partial charge is 0.337 e. The Morgan fingerprint density at radius 2 is 1.94 bits per heavy atom. The van der Waals surface area contributed by atoms with Crippen LogP contribution in [-0.4, -0.2) is 27.1 Å². The second-order valence-electron chi connectivity index (χ2n) is 3.81. The summed E-state index contributed by atoms with van der Waals surface area (Å²) in [5.41, 5.74) is 1.30. The van der Waals surface area contributed by atoms with Crippen LogP contribution in [0.5, 0.6) is 0 Å². The zero-order valence-electron chi connectivity index (χ0n) is 9.38. The highest BCUT2D eigenvalue weighted by atomic mass is 16.4. The van der Waals surface area contributed by atoms with E-state index in [2.05, 4.69) is 0 Å². The SMILES string of the molecule is CC(=O)Cc1cc(C(O)C(=O)O)ccc1CO. The van der Waals surface area contributed by atoms with E-state index in [1.165, 1.54) is 25.1 Å². The average Bonchev–Trinajstić information content (AvgIpc) is 2.27. The van der Waals surface area contributed by atoms with Crippen molar-refractivity contribution >= 4 is 11.8 Å². The van der Waals surface area contributed by atoms with E-state index < -0.39 is 12.1 Å². The van der Waals surface area contributed by atoms with E-state index in [1.807, 2.05) is 0 Å². The zero-order chi connectivity index (χ0) is 13.0. The molecule has 0 aliphatic carbocycles. The number of carboxylic acids is 1. The molecule has 0 aliphatic rings. The number of aliphatic hydroxyl groups is 2. The van der Waals surface area contributed by atoms with Crippen molar-refractivity contribution in [1.29, 1.82) is 0 Å². The third kappa shape index (κ3) is 3.37. The number of Topliss-reactive ketones (excluding diaryl/α,β-unsaturated/α-hetero) is 1. The minimum atomic E-state index is -1.62. The van der Waals surface area contributed by atoms with Crippen LogP contribution >= 0.6 is 0 Å². The molecule has 0 saturated heterocycles. The van der Waals surface area contributed by atoms with Crippen LogP contribution < -0.4 is 0 Å². The Bertz CT molecular complexity index is 439. The molecule has 0 amide bonds. The largest absolute Gasteiger partial charge is 0.479 e. The quantitative estimate of drug-likeness (QED) is 0.691. The molecule has 1 aromatic carbocycles. The number of aliphatic hydroxyl groups excluding tert-OH is 2.